The number of hydrogen-bond donors (Lipinski definition) is 1. The fraction of sp³-hybridized carbons (Fsp3) is 0.875. The summed E-state index contributed by atoms with van der Waals surface area (Å²) in [5.41, 5.74) is 0. The lowest BCUT2D eigenvalue weighted by atomic mass is 10.1. The molecule has 6 heteroatoms. The lowest BCUT2D eigenvalue weighted by molar-refractivity contribution is -0.134. The van der Waals surface area contributed by atoms with Crippen LogP contribution in [-0.4, -0.2) is 43.7 Å². The lowest BCUT2D eigenvalue weighted by Crippen LogP contribution is -2.30. The van der Waals surface area contributed by atoms with Gasteiger partial charge in [0.15, 0.2) is 9.84 Å². The maximum absolute atomic E-state index is 11.2. The van der Waals surface area contributed by atoms with Crippen molar-refractivity contribution in [2.75, 3.05) is 18.1 Å². The van der Waals surface area contributed by atoms with Gasteiger partial charge in [-0.05, 0) is 19.3 Å². The Labute approximate surface area is 83.0 Å². The van der Waals surface area contributed by atoms with E-state index in [2.05, 4.69) is 0 Å². The average molecular weight is 222 g/mol. The highest BCUT2D eigenvalue weighted by atomic mass is 32.2. The third-order valence-corrected chi connectivity index (χ3v) is 3.62. The number of carboxylic acids is 1. The van der Waals surface area contributed by atoms with Gasteiger partial charge in [0.2, 0.25) is 0 Å². The molecule has 1 heterocycles. The molecule has 1 unspecified atom stereocenters. The SMILES string of the molecule is O=C(O)CS(=O)(=O)CC1CCCCO1. The number of hydrogen-bond acceptors (Lipinski definition) is 4. The number of ether oxygens (including phenoxy) is 1. The van der Waals surface area contributed by atoms with Crippen LogP contribution in [0.15, 0.2) is 0 Å². The molecule has 82 valence electrons. The molecule has 0 spiro atoms. The molecule has 0 aliphatic carbocycles. The van der Waals surface area contributed by atoms with Crippen LogP contribution in [0, 0.1) is 0 Å². The van der Waals surface area contributed by atoms with Crippen LogP contribution in [0.1, 0.15) is 19.3 Å². The zero-order chi connectivity index (χ0) is 10.6. The predicted molar refractivity (Wildman–Crippen MR) is 49.9 cm³/mol. The van der Waals surface area contributed by atoms with E-state index in [1.54, 1.807) is 0 Å². The van der Waals surface area contributed by atoms with Gasteiger partial charge >= 0.3 is 5.97 Å². The predicted octanol–water partition coefficient (Wildman–Crippen LogP) is 0.0549. The maximum atomic E-state index is 11.2. The summed E-state index contributed by atoms with van der Waals surface area (Å²) in [6.45, 7) is 0.577. The highest BCUT2D eigenvalue weighted by Gasteiger charge is 2.23. The highest BCUT2D eigenvalue weighted by molar-refractivity contribution is 7.92. The fourth-order valence-corrected chi connectivity index (χ4v) is 2.79. The van der Waals surface area contributed by atoms with Crippen LogP contribution in [0.5, 0.6) is 0 Å². The number of sulfone groups is 1. The molecule has 1 rings (SSSR count). The summed E-state index contributed by atoms with van der Waals surface area (Å²) in [4.78, 5) is 10.2. The Kier molecular flexibility index (Phi) is 3.88. The lowest BCUT2D eigenvalue weighted by Gasteiger charge is -2.21. The molecule has 0 aromatic carbocycles. The number of carbonyl (C=O) groups is 1. The van der Waals surface area contributed by atoms with Gasteiger partial charge in [-0.1, -0.05) is 0 Å². The molecule has 14 heavy (non-hydrogen) atoms. The van der Waals surface area contributed by atoms with Crippen LogP contribution in [0.4, 0.5) is 0 Å². The molecule has 0 saturated carbocycles. The molecule has 1 saturated heterocycles. The van der Waals surface area contributed by atoms with E-state index in [0.29, 0.717) is 13.0 Å². The van der Waals surface area contributed by atoms with Gasteiger partial charge in [0.05, 0.1) is 11.9 Å². The van der Waals surface area contributed by atoms with Gasteiger partial charge in [-0.15, -0.1) is 0 Å². The van der Waals surface area contributed by atoms with Gasteiger partial charge in [0.1, 0.15) is 5.75 Å². The van der Waals surface area contributed by atoms with Crippen molar-refractivity contribution >= 4 is 15.8 Å². The van der Waals surface area contributed by atoms with Crippen LogP contribution in [-0.2, 0) is 19.4 Å². The fourth-order valence-electron chi connectivity index (χ4n) is 1.47. The molecule has 5 nitrogen and oxygen atoms in total. The summed E-state index contributed by atoms with van der Waals surface area (Å²) in [5, 5.41) is 8.36. The summed E-state index contributed by atoms with van der Waals surface area (Å²) in [5.74, 6) is -2.27. The van der Waals surface area contributed by atoms with Crippen molar-refractivity contribution in [1.82, 2.24) is 0 Å². The maximum Gasteiger partial charge on any atom is 0.318 e. The van der Waals surface area contributed by atoms with E-state index in [-0.39, 0.29) is 11.9 Å². The van der Waals surface area contributed by atoms with E-state index in [9.17, 15) is 13.2 Å². The van der Waals surface area contributed by atoms with Crippen LogP contribution in [0.25, 0.3) is 0 Å². The first-order valence-electron chi connectivity index (χ1n) is 4.53. The van der Waals surface area contributed by atoms with Crippen molar-refractivity contribution in [3.05, 3.63) is 0 Å². The van der Waals surface area contributed by atoms with E-state index in [1.165, 1.54) is 0 Å². The first kappa shape index (κ1) is 11.5. The first-order chi connectivity index (χ1) is 6.49. The Morgan fingerprint density at radius 2 is 2.14 bits per heavy atom. The highest BCUT2D eigenvalue weighted by Crippen LogP contribution is 2.14. The van der Waals surface area contributed by atoms with Crippen molar-refractivity contribution in [2.24, 2.45) is 0 Å². The molecule has 1 aliphatic rings. The molecule has 1 atom stereocenters. The Morgan fingerprint density at radius 1 is 1.43 bits per heavy atom. The minimum Gasteiger partial charge on any atom is -0.480 e. The summed E-state index contributed by atoms with van der Waals surface area (Å²) in [6.07, 6.45) is 2.30. The van der Waals surface area contributed by atoms with Crippen LogP contribution in [0.3, 0.4) is 0 Å². The number of carboxylic acid groups (broad SMARTS) is 1. The van der Waals surface area contributed by atoms with E-state index < -0.39 is 21.6 Å². The standard InChI is InChI=1S/C8H14O5S/c9-8(10)6-14(11,12)5-7-3-1-2-4-13-7/h7H,1-6H2,(H,9,10). The minimum atomic E-state index is -3.50. The van der Waals surface area contributed by atoms with Gasteiger partial charge in [0.25, 0.3) is 0 Å². The van der Waals surface area contributed by atoms with E-state index >= 15 is 0 Å². The molecule has 0 bridgehead atoms. The second kappa shape index (κ2) is 4.75. The minimum absolute atomic E-state index is 0.167. The van der Waals surface area contributed by atoms with Crippen LogP contribution < -0.4 is 0 Å². The number of aliphatic carboxylic acids is 1. The van der Waals surface area contributed by atoms with Crippen LogP contribution >= 0.6 is 0 Å². The Hall–Kier alpha value is -0.620. The zero-order valence-electron chi connectivity index (χ0n) is 7.81. The summed E-state index contributed by atoms with van der Waals surface area (Å²) < 4.78 is 27.7. The third-order valence-electron chi connectivity index (χ3n) is 2.06. The molecular formula is C8H14O5S. The molecule has 0 aromatic heterocycles. The largest absolute Gasteiger partial charge is 0.480 e. The summed E-state index contributed by atoms with van der Waals surface area (Å²) in [7, 11) is -3.50. The van der Waals surface area contributed by atoms with E-state index in [4.69, 9.17) is 9.84 Å². The molecule has 1 N–H and O–H groups in total. The van der Waals surface area contributed by atoms with Gasteiger partial charge in [-0.25, -0.2) is 8.42 Å². The average Bonchev–Trinajstić information content (AvgIpc) is 2.02. The van der Waals surface area contributed by atoms with E-state index in [0.717, 1.165) is 12.8 Å². The Bertz CT molecular complexity index is 289. The van der Waals surface area contributed by atoms with Crippen LogP contribution in [0.2, 0.25) is 0 Å². The van der Waals surface area contributed by atoms with Gasteiger partial charge in [0, 0.05) is 6.61 Å². The normalized spacial score (nSPS) is 23.3. The van der Waals surface area contributed by atoms with Crippen molar-refractivity contribution in [3.8, 4) is 0 Å². The monoisotopic (exact) mass is 222 g/mol. The van der Waals surface area contributed by atoms with Crippen molar-refractivity contribution in [1.29, 1.82) is 0 Å². The van der Waals surface area contributed by atoms with E-state index in [1.807, 2.05) is 0 Å². The first-order valence-corrected chi connectivity index (χ1v) is 6.35. The van der Waals surface area contributed by atoms with Gasteiger partial charge in [-0.2, -0.15) is 0 Å². The van der Waals surface area contributed by atoms with Crippen molar-refractivity contribution in [3.63, 3.8) is 0 Å². The molecule has 0 radical (unpaired) electrons. The smallest absolute Gasteiger partial charge is 0.318 e. The van der Waals surface area contributed by atoms with Crippen molar-refractivity contribution < 1.29 is 23.1 Å². The summed E-state index contributed by atoms with van der Waals surface area (Å²) >= 11 is 0. The topological polar surface area (TPSA) is 80.7 Å². The third kappa shape index (κ3) is 4.06. The zero-order valence-corrected chi connectivity index (χ0v) is 8.62. The molecule has 0 amide bonds. The Balaban J connectivity index is 2.45. The molecule has 1 fully saturated rings. The quantitative estimate of drug-likeness (QED) is 0.727. The molecule has 0 aromatic rings. The van der Waals surface area contributed by atoms with Crippen molar-refractivity contribution in [2.45, 2.75) is 25.4 Å². The number of rotatable bonds is 4. The second-order valence-electron chi connectivity index (χ2n) is 3.44. The molecular weight excluding hydrogens is 208 g/mol. The summed E-state index contributed by atoms with van der Waals surface area (Å²) in [6, 6.07) is 0. The Morgan fingerprint density at radius 3 is 2.64 bits per heavy atom. The van der Waals surface area contributed by atoms with Gasteiger partial charge in [-0.3, -0.25) is 4.79 Å². The second-order valence-corrected chi connectivity index (χ2v) is 5.55. The van der Waals surface area contributed by atoms with Gasteiger partial charge < -0.3 is 9.84 Å². The molecule has 1 aliphatic heterocycles.